The van der Waals surface area contributed by atoms with Crippen molar-refractivity contribution >= 4 is 33.1 Å². The highest BCUT2D eigenvalue weighted by atomic mass is 79.9. The van der Waals surface area contributed by atoms with Gasteiger partial charge in [0.25, 0.3) is 5.56 Å². The van der Waals surface area contributed by atoms with Crippen molar-refractivity contribution in [2.45, 2.75) is 32.2 Å². The minimum absolute atomic E-state index is 0.0910. The van der Waals surface area contributed by atoms with Crippen molar-refractivity contribution < 1.29 is 9.90 Å². The van der Waals surface area contributed by atoms with Crippen LogP contribution >= 0.6 is 15.9 Å². The van der Waals surface area contributed by atoms with Crippen LogP contribution in [0.25, 0.3) is 11.2 Å². The summed E-state index contributed by atoms with van der Waals surface area (Å²) in [6.07, 6.45) is 4.07. The van der Waals surface area contributed by atoms with E-state index in [1.54, 1.807) is 0 Å². The van der Waals surface area contributed by atoms with Gasteiger partial charge in [0, 0.05) is 13.6 Å². The molecule has 0 amide bonds. The molecule has 3 N–H and O–H groups in total. The Kier molecular flexibility index (Phi) is 6.32. The molecule has 0 atom stereocenters. The number of imidazole rings is 1. The summed E-state index contributed by atoms with van der Waals surface area (Å²) in [6, 6.07) is 0. The van der Waals surface area contributed by atoms with Crippen LogP contribution in [-0.2, 0) is 18.4 Å². The molecule has 0 bridgehead atoms. The number of piperidine rings is 1. The molecule has 0 radical (unpaired) electrons. The summed E-state index contributed by atoms with van der Waals surface area (Å²) in [7, 11) is 1.47. The SMILES string of the molecule is C1CCNCC1.Cn1c(=O)[nH]c(=O)c2c1nc(Br)n2CCC(=O)O. The highest BCUT2D eigenvalue weighted by molar-refractivity contribution is 9.10. The third-order valence-corrected chi connectivity index (χ3v) is 4.32. The van der Waals surface area contributed by atoms with Crippen LogP contribution in [-0.4, -0.2) is 43.3 Å². The van der Waals surface area contributed by atoms with Crippen LogP contribution in [0, 0.1) is 0 Å². The van der Waals surface area contributed by atoms with Gasteiger partial charge in [-0.05, 0) is 41.9 Å². The zero-order chi connectivity index (χ0) is 17.7. The standard InChI is InChI=1S/C9H9BrN4O4.C5H11N/c1-13-6-5(7(17)12-9(13)18)14(8(10)11-6)3-2-4(15)16;1-2-4-6-5-3-1/h2-3H2,1H3,(H,15,16)(H,12,17,18);6H,1-5H2. The van der Waals surface area contributed by atoms with Crippen LogP contribution in [0.2, 0.25) is 0 Å². The van der Waals surface area contributed by atoms with Gasteiger partial charge in [-0.25, -0.2) is 9.78 Å². The minimum atomic E-state index is -0.981. The summed E-state index contributed by atoms with van der Waals surface area (Å²) < 4.78 is 2.92. The normalized spacial score (nSPS) is 14.2. The number of aromatic nitrogens is 4. The van der Waals surface area contributed by atoms with Gasteiger partial charge in [0.15, 0.2) is 15.9 Å². The van der Waals surface area contributed by atoms with E-state index in [0.29, 0.717) is 4.73 Å². The minimum Gasteiger partial charge on any atom is -0.481 e. The van der Waals surface area contributed by atoms with Crippen LogP contribution in [0.4, 0.5) is 0 Å². The number of H-pyrrole nitrogens is 1. The fraction of sp³-hybridized carbons (Fsp3) is 0.571. The number of carboxylic acids is 1. The molecular weight excluding hydrogens is 382 g/mol. The zero-order valence-electron chi connectivity index (χ0n) is 13.3. The molecule has 0 saturated carbocycles. The summed E-state index contributed by atoms with van der Waals surface area (Å²) in [5.41, 5.74) is -0.772. The Hall–Kier alpha value is -1.94. The Labute approximate surface area is 145 Å². The molecule has 1 fully saturated rings. The van der Waals surface area contributed by atoms with E-state index in [1.807, 2.05) is 0 Å². The number of hydrogen-bond acceptors (Lipinski definition) is 5. The average molecular weight is 402 g/mol. The van der Waals surface area contributed by atoms with Gasteiger partial charge >= 0.3 is 11.7 Å². The molecule has 24 heavy (non-hydrogen) atoms. The third kappa shape index (κ3) is 4.32. The van der Waals surface area contributed by atoms with Crippen molar-refractivity contribution in [3.63, 3.8) is 0 Å². The first-order valence-electron chi connectivity index (χ1n) is 7.69. The number of carbonyl (C=O) groups is 1. The molecule has 3 heterocycles. The Balaban J connectivity index is 0.000000292. The van der Waals surface area contributed by atoms with Gasteiger partial charge in [-0.1, -0.05) is 6.42 Å². The first-order valence-corrected chi connectivity index (χ1v) is 8.48. The molecule has 132 valence electrons. The largest absolute Gasteiger partial charge is 0.481 e. The summed E-state index contributed by atoms with van der Waals surface area (Å²) in [5.74, 6) is -0.981. The van der Waals surface area contributed by atoms with E-state index in [4.69, 9.17) is 5.11 Å². The molecule has 1 aliphatic heterocycles. The number of nitrogens with one attached hydrogen (secondary N) is 2. The highest BCUT2D eigenvalue weighted by Gasteiger charge is 2.16. The smallest absolute Gasteiger partial charge is 0.329 e. The number of rotatable bonds is 3. The Morgan fingerprint density at radius 2 is 1.96 bits per heavy atom. The van der Waals surface area contributed by atoms with Crippen LogP contribution in [0.3, 0.4) is 0 Å². The van der Waals surface area contributed by atoms with E-state index in [1.165, 1.54) is 48.5 Å². The monoisotopic (exact) mass is 401 g/mol. The predicted molar refractivity (Wildman–Crippen MR) is 92.3 cm³/mol. The van der Waals surface area contributed by atoms with Gasteiger partial charge in [0.05, 0.1) is 6.42 Å². The molecule has 10 heteroatoms. The van der Waals surface area contributed by atoms with Crippen LogP contribution in [0.15, 0.2) is 14.3 Å². The molecule has 3 rings (SSSR count). The van der Waals surface area contributed by atoms with E-state index < -0.39 is 17.2 Å². The molecule has 2 aromatic heterocycles. The van der Waals surface area contributed by atoms with Gasteiger partial charge in [0.2, 0.25) is 0 Å². The quantitative estimate of drug-likeness (QED) is 0.640. The molecule has 1 aliphatic rings. The van der Waals surface area contributed by atoms with Crippen molar-refractivity contribution in [2.24, 2.45) is 7.05 Å². The predicted octanol–water partition coefficient (Wildman–Crippen LogP) is 0.420. The van der Waals surface area contributed by atoms with Crippen molar-refractivity contribution in [1.29, 1.82) is 0 Å². The molecule has 9 nitrogen and oxygen atoms in total. The van der Waals surface area contributed by atoms with E-state index in [2.05, 4.69) is 31.2 Å². The molecule has 2 aromatic rings. The Bertz CT molecular complexity index is 823. The number of aromatic amines is 1. The van der Waals surface area contributed by atoms with Gasteiger partial charge in [0.1, 0.15) is 0 Å². The fourth-order valence-electron chi connectivity index (χ4n) is 2.42. The molecule has 0 unspecified atom stereocenters. The lowest BCUT2D eigenvalue weighted by molar-refractivity contribution is -0.137. The molecule has 1 saturated heterocycles. The Morgan fingerprint density at radius 1 is 1.29 bits per heavy atom. The maximum Gasteiger partial charge on any atom is 0.329 e. The topological polar surface area (TPSA) is 122 Å². The van der Waals surface area contributed by atoms with E-state index in [0.717, 1.165) is 0 Å². The molecular formula is C14H20BrN5O4. The van der Waals surface area contributed by atoms with Gasteiger partial charge in [-0.3, -0.25) is 19.1 Å². The van der Waals surface area contributed by atoms with Crippen molar-refractivity contribution in [1.82, 2.24) is 24.4 Å². The number of aryl methyl sites for hydroxylation is 2. The molecule has 0 aliphatic carbocycles. The average Bonchev–Trinajstić information content (AvgIpc) is 2.90. The van der Waals surface area contributed by atoms with Crippen molar-refractivity contribution in [3.05, 3.63) is 25.6 Å². The number of aliphatic carboxylic acids is 1. The second-order valence-electron chi connectivity index (χ2n) is 5.48. The number of carboxylic acid groups (broad SMARTS) is 1. The second-order valence-corrected chi connectivity index (χ2v) is 6.19. The van der Waals surface area contributed by atoms with Gasteiger partial charge in [-0.2, -0.15) is 0 Å². The highest BCUT2D eigenvalue weighted by Crippen LogP contribution is 2.16. The number of nitrogens with zero attached hydrogens (tertiary/aromatic N) is 3. The van der Waals surface area contributed by atoms with Crippen LogP contribution < -0.4 is 16.6 Å². The van der Waals surface area contributed by atoms with Crippen LogP contribution in [0.1, 0.15) is 25.7 Å². The molecule has 0 aromatic carbocycles. The number of fused-ring (bicyclic) bond motifs is 1. The first-order chi connectivity index (χ1) is 11.4. The maximum atomic E-state index is 11.7. The number of hydrogen-bond donors (Lipinski definition) is 3. The number of halogens is 1. The lowest BCUT2D eigenvalue weighted by Crippen LogP contribution is -2.29. The lowest BCUT2D eigenvalue weighted by Gasteiger charge is -2.08. The fourth-order valence-corrected chi connectivity index (χ4v) is 2.94. The van der Waals surface area contributed by atoms with E-state index in [9.17, 15) is 14.4 Å². The first kappa shape index (κ1) is 18.4. The summed E-state index contributed by atoms with van der Waals surface area (Å²) in [4.78, 5) is 39.9. The summed E-state index contributed by atoms with van der Waals surface area (Å²) in [5, 5.41) is 11.9. The Morgan fingerprint density at radius 3 is 2.46 bits per heavy atom. The summed E-state index contributed by atoms with van der Waals surface area (Å²) >= 11 is 3.14. The van der Waals surface area contributed by atoms with Crippen molar-refractivity contribution in [3.8, 4) is 0 Å². The maximum absolute atomic E-state index is 11.7. The van der Waals surface area contributed by atoms with Gasteiger partial charge in [-0.15, -0.1) is 0 Å². The van der Waals surface area contributed by atoms with Crippen LogP contribution in [0.5, 0.6) is 0 Å². The zero-order valence-corrected chi connectivity index (χ0v) is 14.9. The lowest BCUT2D eigenvalue weighted by atomic mass is 10.2. The second kappa shape index (κ2) is 8.25. The third-order valence-electron chi connectivity index (χ3n) is 3.72. The van der Waals surface area contributed by atoms with Gasteiger partial charge < -0.3 is 15.0 Å². The van der Waals surface area contributed by atoms with E-state index in [-0.39, 0.29) is 24.1 Å². The van der Waals surface area contributed by atoms with Crippen molar-refractivity contribution in [2.75, 3.05) is 13.1 Å². The summed E-state index contributed by atoms with van der Waals surface area (Å²) in [6.45, 7) is 2.59. The molecule has 0 spiro atoms. The van der Waals surface area contributed by atoms with E-state index >= 15 is 0 Å².